The fraction of sp³-hybridized carbons (Fsp3) is 0.190. The van der Waals surface area contributed by atoms with Crippen LogP contribution in [0.5, 0.6) is 5.75 Å². The minimum atomic E-state index is -3.32. The van der Waals surface area contributed by atoms with E-state index in [0.717, 1.165) is 11.8 Å². The molecule has 0 radical (unpaired) electrons. The Hall–Kier alpha value is -3.50. The van der Waals surface area contributed by atoms with Crippen molar-refractivity contribution in [2.24, 2.45) is 4.99 Å². The molecule has 9 nitrogen and oxygen atoms in total. The molecule has 31 heavy (non-hydrogen) atoms. The van der Waals surface area contributed by atoms with Gasteiger partial charge in [0, 0.05) is 24.2 Å². The van der Waals surface area contributed by atoms with Gasteiger partial charge in [-0.2, -0.15) is 9.98 Å². The zero-order valence-corrected chi connectivity index (χ0v) is 17.7. The van der Waals surface area contributed by atoms with Crippen molar-refractivity contribution in [1.29, 1.82) is 0 Å². The Labute approximate surface area is 179 Å². The highest BCUT2D eigenvalue weighted by Crippen LogP contribution is 2.32. The summed E-state index contributed by atoms with van der Waals surface area (Å²) in [7, 11) is -1.73. The molecule has 1 aliphatic rings. The smallest absolute Gasteiger partial charge is 0.232 e. The largest absolute Gasteiger partial charge is 0.496 e. The summed E-state index contributed by atoms with van der Waals surface area (Å²) in [5.41, 5.74) is 1.32. The first-order valence-corrected chi connectivity index (χ1v) is 11.2. The maximum absolute atomic E-state index is 11.7. The van der Waals surface area contributed by atoms with Crippen molar-refractivity contribution < 1.29 is 22.6 Å². The van der Waals surface area contributed by atoms with Crippen LogP contribution in [0, 0.1) is 0 Å². The van der Waals surface area contributed by atoms with Crippen molar-refractivity contribution in [2.45, 2.75) is 11.2 Å². The third kappa shape index (κ3) is 4.98. The van der Waals surface area contributed by atoms with Gasteiger partial charge in [0.1, 0.15) is 12.4 Å². The number of nitrogens with one attached hydrogen (secondary N) is 1. The molecule has 4 rings (SSSR count). The monoisotopic (exact) mass is 440 g/mol. The van der Waals surface area contributed by atoms with Crippen LogP contribution in [-0.4, -0.2) is 44.3 Å². The molecule has 1 saturated heterocycles. The lowest BCUT2D eigenvalue weighted by atomic mass is 10.2. The maximum Gasteiger partial charge on any atom is 0.232 e. The van der Waals surface area contributed by atoms with E-state index in [1.54, 1.807) is 31.5 Å². The minimum Gasteiger partial charge on any atom is -0.496 e. The average molecular weight is 440 g/mol. The molecule has 1 atom stereocenters. The zero-order chi connectivity index (χ0) is 21.8. The van der Waals surface area contributed by atoms with Crippen molar-refractivity contribution in [3.63, 3.8) is 0 Å². The van der Waals surface area contributed by atoms with Gasteiger partial charge in [0.25, 0.3) is 0 Å². The molecule has 1 fully saturated rings. The van der Waals surface area contributed by atoms with Gasteiger partial charge in [-0.3, -0.25) is 0 Å². The molecule has 0 spiro atoms. The van der Waals surface area contributed by atoms with Gasteiger partial charge in [-0.15, -0.1) is 0 Å². The number of hydrogen-bond donors (Lipinski definition) is 1. The summed E-state index contributed by atoms with van der Waals surface area (Å²) in [6.07, 6.45) is 2.08. The van der Waals surface area contributed by atoms with Crippen LogP contribution in [0.15, 0.2) is 70.7 Å². The fourth-order valence-electron chi connectivity index (χ4n) is 2.94. The Kier molecular flexibility index (Phi) is 5.83. The van der Waals surface area contributed by atoms with Gasteiger partial charge in [-0.25, -0.2) is 13.4 Å². The zero-order valence-electron chi connectivity index (χ0n) is 16.8. The second-order valence-corrected chi connectivity index (χ2v) is 8.69. The molecule has 0 aliphatic carbocycles. The lowest BCUT2D eigenvalue weighted by Gasteiger charge is -2.13. The molecule has 160 valence electrons. The van der Waals surface area contributed by atoms with Crippen LogP contribution in [0.25, 0.3) is 0 Å². The third-order valence-corrected chi connectivity index (χ3v) is 5.50. The summed E-state index contributed by atoms with van der Waals surface area (Å²) >= 11 is 0. The normalized spacial score (nSPS) is 17.4. The number of nitrogens with zero attached hydrogens (tertiary/aromatic N) is 3. The number of methoxy groups -OCH3 is 1. The second kappa shape index (κ2) is 8.70. The first-order valence-electron chi connectivity index (χ1n) is 9.31. The number of anilines is 2. The Balaban J connectivity index is 1.50. The van der Waals surface area contributed by atoms with Crippen molar-refractivity contribution >= 4 is 33.2 Å². The molecule has 1 aromatic heterocycles. The Morgan fingerprint density at radius 2 is 2.00 bits per heavy atom. The number of aromatic nitrogens is 2. The lowest BCUT2D eigenvalue weighted by Crippen LogP contribution is -2.03. The number of aliphatic imine (C=N–C) groups is 1. The van der Waals surface area contributed by atoms with E-state index in [2.05, 4.69) is 20.3 Å². The Bertz CT molecular complexity index is 1230. The van der Waals surface area contributed by atoms with E-state index >= 15 is 0 Å². The van der Waals surface area contributed by atoms with E-state index in [9.17, 15) is 8.42 Å². The van der Waals surface area contributed by atoms with Gasteiger partial charge >= 0.3 is 0 Å². The number of para-hydroxylation sites is 1. The summed E-state index contributed by atoms with van der Waals surface area (Å²) in [5.74, 6) is 1.68. The summed E-state index contributed by atoms with van der Waals surface area (Å²) in [4.78, 5) is 13.1. The molecular weight excluding hydrogens is 420 g/mol. The van der Waals surface area contributed by atoms with Crippen LogP contribution in [0.1, 0.15) is 11.9 Å². The topological polar surface area (TPSA) is 112 Å². The highest BCUT2D eigenvalue weighted by molar-refractivity contribution is 7.90. The van der Waals surface area contributed by atoms with E-state index in [0.29, 0.717) is 23.2 Å². The molecule has 2 aromatic carbocycles. The molecule has 1 aliphatic heterocycles. The molecule has 0 amide bonds. The van der Waals surface area contributed by atoms with Gasteiger partial charge in [-0.1, -0.05) is 18.2 Å². The quantitative estimate of drug-likeness (QED) is 0.621. The van der Waals surface area contributed by atoms with Crippen molar-refractivity contribution in [3.8, 4) is 5.75 Å². The molecule has 3 aromatic rings. The third-order valence-electron chi connectivity index (χ3n) is 4.39. The molecule has 1 unspecified atom stereocenters. The van der Waals surface area contributed by atoms with E-state index in [1.807, 2.05) is 24.3 Å². The molecule has 2 heterocycles. The number of ether oxygens (including phenoxy) is 3. The Morgan fingerprint density at radius 1 is 1.16 bits per heavy atom. The molecule has 10 heteroatoms. The molecular formula is C21H20N4O5S. The van der Waals surface area contributed by atoms with Gasteiger partial charge in [0.05, 0.1) is 17.6 Å². The van der Waals surface area contributed by atoms with Crippen LogP contribution in [0.3, 0.4) is 0 Å². The predicted octanol–water partition coefficient (Wildman–Crippen LogP) is 3.41. The molecule has 0 saturated carbocycles. The predicted molar refractivity (Wildman–Crippen MR) is 115 cm³/mol. The fourth-order valence-corrected chi connectivity index (χ4v) is 3.61. The second-order valence-electron chi connectivity index (χ2n) is 6.67. The maximum atomic E-state index is 11.7. The highest BCUT2D eigenvalue weighted by Gasteiger charge is 2.27. The number of sulfone groups is 1. The first-order chi connectivity index (χ1) is 14.9. The van der Waals surface area contributed by atoms with Crippen molar-refractivity contribution in [1.82, 2.24) is 9.97 Å². The van der Waals surface area contributed by atoms with E-state index in [-0.39, 0.29) is 17.5 Å². The van der Waals surface area contributed by atoms with Crippen LogP contribution < -0.4 is 10.1 Å². The number of hydrogen-bond acceptors (Lipinski definition) is 9. The van der Waals surface area contributed by atoms with Crippen molar-refractivity contribution in [2.75, 3.05) is 25.3 Å². The van der Waals surface area contributed by atoms with Gasteiger partial charge < -0.3 is 19.5 Å². The molecule has 1 N–H and O–H groups in total. The van der Waals surface area contributed by atoms with Crippen LogP contribution >= 0.6 is 0 Å². The summed E-state index contributed by atoms with van der Waals surface area (Å²) in [6.45, 7) is 0.186. The average Bonchev–Trinajstić information content (AvgIpc) is 3.22. The van der Waals surface area contributed by atoms with E-state index in [4.69, 9.17) is 14.2 Å². The number of rotatable bonds is 6. The van der Waals surface area contributed by atoms with E-state index in [1.165, 1.54) is 12.1 Å². The van der Waals surface area contributed by atoms with E-state index < -0.39 is 16.1 Å². The summed E-state index contributed by atoms with van der Waals surface area (Å²) in [6, 6.07) is 15.5. The summed E-state index contributed by atoms with van der Waals surface area (Å²) in [5, 5.41) is 2.99. The van der Waals surface area contributed by atoms with Crippen LogP contribution in [-0.2, 0) is 19.3 Å². The summed E-state index contributed by atoms with van der Waals surface area (Å²) < 4.78 is 40.3. The van der Waals surface area contributed by atoms with Crippen molar-refractivity contribution in [3.05, 3.63) is 66.4 Å². The lowest BCUT2D eigenvalue weighted by molar-refractivity contribution is -0.0259. The van der Waals surface area contributed by atoms with Gasteiger partial charge in [0.2, 0.25) is 18.1 Å². The van der Waals surface area contributed by atoms with Gasteiger partial charge in [0.15, 0.2) is 15.7 Å². The molecule has 0 bridgehead atoms. The van der Waals surface area contributed by atoms with Crippen LogP contribution in [0.2, 0.25) is 0 Å². The number of benzene rings is 2. The minimum absolute atomic E-state index is 0.186. The van der Waals surface area contributed by atoms with Gasteiger partial charge in [-0.05, 0) is 30.3 Å². The highest BCUT2D eigenvalue weighted by atomic mass is 32.2. The Morgan fingerprint density at radius 3 is 2.81 bits per heavy atom. The SMILES string of the molecule is COc1ccccc1C1OCC(=Nc2ccnc(Nc3cccc(S(C)(=O)=O)c3)n2)O1. The van der Waals surface area contributed by atoms with Crippen LogP contribution in [0.4, 0.5) is 17.5 Å². The standard InChI is InChI=1S/C21H20N4O5S/c1-28-17-9-4-3-8-16(17)20-29-13-19(30-20)24-18-10-11-22-21(25-18)23-14-6-5-7-15(12-14)31(2,26)27/h3-12,20H,13H2,1-2H3,(H,22,23,25). The first kappa shape index (κ1) is 20.8.